The maximum Gasteiger partial charge on any atom is 0.449 e. The molecule has 3 nitrogen and oxygen atoms in total. The second kappa shape index (κ2) is 3.19. The fourth-order valence-electron chi connectivity index (χ4n) is 0.193. The zero-order valence-corrected chi connectivity index (χ0v) is 5.18. The predicted octanol–water partition coefficient (Wildman–Crippen LogP) is 0.564. The summed E-state index contributed by atoms with van der Waals surface area (Å²) in [5, 5.41) is 0. The SMILES string of the molecule is CN=CN=C(N)C(F)(F)F. The van der Waals surface area contributed by atoms with Crippen molar-refractivity contribution < 1.29 is 13.2 Å². The van der Waals surface area contributed by atoms with Crippen molar-refractivity contribution in [1.82, 2.24) is 0 Å². The van der Waals surface area contributed by atoms with Gasteiger partial charge in [-0.1, -0.05) is 0 Å². The summed E-state index contributed by atoms with van der Waals surface area (Å²) in [6.45, 7) is 0. The largest absolute Gasteiger partial charge is 0.449 e. The average Bonchev–Trinajstić information content (AvgIpc) is 1.80. The lowest BCUT2D eigenvalue weighted by Gasteiger charge is -2.01. The van der Waals surface area contributed by atoms with Crippen LogP contribution in [0.25, 0.3) is 0 Å². The second-order valence-corrected chi connectivity index (χ2v) is 1.39. The van der Waals surface area contributed by atoms with Crippen LogP contribution in [0.2, 0.25) is 0 Å². The van der Waals surface area contributed by atoms with Gasteiger partial charge in [-0.3, -0.25) is 4.99 Å². The molecule has 58 valence electrons. The van der Waals surface area contributed by atoms with Crippen LogP contribution in [0.4, 0.5) is 13.2 Å². The highest BCUT2D eigenvalue weighted by molar-refractivity contribution is 5.91. The van der Waals surface area contributed by atoms with Crippen molar-refractivity contribution in [3.8, 4) is 0 Å². The van der Waals surface area contributed by atoms with E-state index in [1.165, 1.54) is 7.05 Å². The van der Waals surface area contributed by atoms with Crippen LogP contribution in [-0.4, -0.2) is 25.4 Å². The smallest absolute Gasteiger partial charge is 0.380 e. The minimum Gasteiger partial charge on any atom is -0.380 e. The minimum atomic E-state index is -4.55. The van der Waals surface area contributed by atoms with E-state index < -0.39 is 12.0 Å². The molecule has 6 heteroatoms. The molecule has 0 atom stereocenters. The van der Waals surface area contributed by atoms with E-state index in [0.29, 0.717) is 0 Å². The summed E-state index contributed by atoms with van der Waals surface area (Å²) in [6, 6.07) is 0. The maximum atomic E-state index is 11.5. The number of rotatable bonds is 1. The van der Waals surface area contributed by atoms with E-state index in [0.717, 1.165) is 6.34 Å². The Morgan fingerprint density at radius 2 is 2.00 bits per heavy atom. The van der Waals surface area contributed by atoms with Crippen LogP contribution >= 0.6 is 0 Å². The van der Waals surface area contributed by atoms with Gasteiger partial charge in [0, 0.05) is 7.05 Å². The van der Waals surface area contributed by atoms with Gasteiger partial charge in [-0.2, -0.15) is 13.2 Å². The van der Waals surface area contributed by atoms with Gasteiger partial charge in [-0.05, 0) is 0 Å². The molecular formula is C4H6F3N3. The Bertz CT molecular complexity index is 158. The molecule has 0 unspecified atom stereocenters. The fourth-order valence-corrected chi connectivity index (χ4v) is 0.193. The van der Waals surface area contributed by atoms with Crippen LogP contribution < -0.4 is 5.73 Å². The van der Waals surface area contributed by atoms with Gasteiger partial charge in [-0.15, -0.1) is 0 Å². The second-order valence-electron chi connectivity index (χ2n) is 1.39. The van der Waals surface area contributed by atoms with Gasteiger partial charge >= 0.3 is 6.18 Å². The fraction of sp³-hybridized carbons (Fsp3) is 0.500. The lowest BCUT2D eigenvalue weighted by atomic mass is 10.6. The van der Waals surface area contributed by atoms with Crippen LogP contribution in [0.5, 0.6) is 0 Å². The monoisotopic (exact) mass is 153 g/mol. The molecule has 0 aliphatic rings. The third-order valence-corrected chi connectivity index (χ3v) is 0.603. The molecule has 0 aromatic heterocycles. The Hall–Kier alpha value is -1.07. The van der Waals surface area contributed by atoms with E-state index in [1.807, 2.05) is 0 Å². The zero-order chi connectivity index (χ0) is 8.20. The summed E-state index contributed by atoms with van der Waals surface area (Å²) >= 11 is 0. The first-order valence-electron chi connectivity index (χ1n) is 2.29. The third kappa shape index (κ3) is 3.06. The van der Waals surface area contributed by atoms with Crippen molar-refractivity contribution in [3.05, 3.63) is 0 Å². The van der Waals surface area contributed by atoms with E-state index in [9.17, 15) is 13.2 Å². The molecule has 10 heavy (non-hydrogen) atoms. The van der Waals surface area contributed by atoms with Crippen LogP contribution in [-0.2, 0) is 0 Å². The molecule has 2 N–H and O–H groups in total. The Morgan fingerprint density at radius 1 is 1.50 bits per heavy atom. The highest BCUT2D eigenvalue weighted by Gasteiger charge is 2.33. The van der Waals surface area contributed by atoms with Gasteiger partial charge in [0.2, 0.25) is 5.84 Å². The molecule has 0 heterocycles. The number of aliphatic imine (C=N–C) groups is 2. The van der Waals surface area contributed by atoms with Crippen LogP contribution in [0, 0.1) is 0 Å². The Morgan fingerprint density at radius 3 is 2.30 bits per heavy atom. The number of hydrogen-bond acceptors (Lipinski definition) is 1. The average molecular weight is 153 g/mol. The number of halogens is 3. The number of alkyl halides is 3. The van der Waals surface area contributed by atoms with Crippen molar-refractivity contribution >= 4 is 12.2 Å². The number of amidine groups is 1. The first-order valence-corrected chi connectivity index (χ1v) is 2.29. The highest BCUT2D eigenvalue weighted by Crippen LogP contribution is 2.13. The molecule has 0 bridgehead atoms. The molecule has 0 aromatic carbocycles. The maximum absolute atomic E-state index is 11.5. The number of hydrogen-bond donors (Lipinski definition) is 1. The van der Waals surface area contributed by atoms with E-state index in [-0.39, 0.29) is 0 Å². The summed E-state index contributed by atoms with van der Waals surface area (Å²) in [6.07, 6.45) is -3.82. The van der Waals surface area contributed by atoms with E-state index in [2.05, 4.69) is 15.7 Å². The summed E-state index contributed by atoms with van der Waals surface area (Å²) in [5.41, 5.74) is 4.47. The summed E-state index contributed by atoms with van der Waals surface area (Å²) in [4.78, 5) is 5.99. The first-order chi connectivity index (χ1) is 4.48. The normalized spacial score (nSPS) is 14.6. The third-order valence-electron chi connectivity index (χ3n) is 0.603. The molecule has 0 aliphatic heterocycles. The molecule has 0 aromatic rings. The highest BCUT2D eigenvalue weighted by atomic mass is 19.4. The topological polar surface area (TPSA) is 50.7 Å². The van der Waals surface area contributed by atoms with Gasteiger partial charge in [0.1, 0.15) is 6.34 Å². The molecule has 0 saturated heterocycles. The molecule has 0 radical (unpaired) electrons. The summed E-state index contributed by atoms with van der Waals surface area (Å²) in [5.74, 6) is -1.39. The Kier molecular flexibility index (Phi) is 2.85. The van der Waals surface area contributed by atoms with Crippen molar-refractivity contribution in [2.24, 2.45) is 15.7 Å². The molecule has 0 aliphatic carbocycles. The Labute approximate surface area is 55.5 Å². The van der Waals surface area contributed by atoms with Gasteiger partial charge < -0.3 is 5.73 Å². The van der Waals surface area contributed by atoms with Crippen molar-refractivity contribution in [1.29, 1.82) is 0 Å². The molecule has 0 saturated carbocycles. The van der Waals surface area contributed by atoms with Crippen molar-refractivity contribution in [2.45, 2.75) is 6.18 Å². The van der Waals surface area contributed by atoms with Gasteiger partial charge in [0.05, 0.1) is 0 Å². The number of nitrogens with two attached hydrogens (primary N) is 1. The van der Waals surface area contributed by atoms with Gasteiger partial charge in [0.25, 0.3) is 0 Å². The van der Waals surface area contributed by atoms with Gasteiger partial charge in [-0.25, -0.2) is 4.99 Å². The minimum absolute atomic E-state index is 0.739. The van der Waals surface area contributed by atoms with Crippen molar-refractivity contribution in [3.63, 3.8) is 0 Å². The summed E-state index contributed by atoms with van der Waals surface area (Å²) in [7, 11) is 1.30. The first kappa shape index (κ1) is 8.93. The van der Waals surface area contributed by atoms with E-state index in [4.69, 9.17) is 0 Å². The molecule has 0 rings (SSSR count). The number of nitrogens with zero attached hydrogens (tertiary/aromatic N) is 2. The van der Waals surface area contributed by atoms with E-state index >= 15 is 0 Å². The Balaban J connectivity index is 4.20. The lowest BCUT2D eigenvalue weighted by Crippen LogP contribution is -2.31. The zero-order valence-electron chi connectivity index (χ0n) is 5.18. The van der Waals surface area contributed by atoms with Crippen LogP contribution in [0.3, 0.4) is 0 Å². The molecule has 0 spiro atoms. The molecule has 0 fully saturated rings. The summed E-state index contributed by atoms with van der Waals surface area (Å²) < 4.78 is 34.4. The van der Waals surface area contributed by atoms with Crippen molar-refractivity contribution in [2.75, 3.05) is 7.05 Å². The van der Waals surface area contributed by atoms with E-state index in [1.54, 1.807) is 0 Å². The van der Waals surface area contributed by atoms with Gasteiger partial charge in [0.15, 0.2) is 0 Å². The molecule has 0 amide bonds. The van der Waals surface area contributed by atoms with Crippen LogP contribution in [0.15, 0.2) is 9.98 Å². The standard InChI is InChI=1S/C4H6F3N3/c1-9-2-10-3(8)4(5,6)7/h2H,1H3,(H2,8,9,10). The molecular weight excluding hydrogens is 147 g/mol. The van der Waals surface area contributed by atoms with Crippen LogP contribution in [0.1, 0.15) is 0 Å². The predicted molar refractivity (Wildman–Crippen MR) is 32.1 cm³/mol. The quantitative estimate of drug-likeness (QED) is 0.434. The lowest BCUT2D eigenvalue weighted by molar-refractivity contribution is -0.0596.